The lowest BCUT2D eigenvalue weighted by atomic mass is 9.86. The zero-order valence-corrected chi connectivity index (χ0v) is 19.3. The Morgan fingerprint density at radius 1 is 1.15 bits per heavy atom. The van der Waals surface area contributed by atoms with E-state index in [1.807, 2.05) is 13.8 Å². The number of rotatable bonds is 5. The van der Waals surface area contributed by atoms with Gasteiger partial charge in [0.25, 0.3) is 0 Å². The summed E-state index contributed by atoms with van der Waals surface area (Å²) in [5, 5.41) is 0. The first-order valence-corrected chi connectivity index (χ1v) is 10.9. The van der Waals surface area contributed by atoms with Crippen LogP contribution in [0, 0.1) is 0 Å². The predicted octanol–water partition coefficient (Wildman–Crippen LogP) is 1.30. The molecule has 10 heteroatoms. The lowest BCUT2D eigenvalue weighted by Gasteiger charge is -2.27. The monoisotopic (exact) mass is 464 g/mol. The molecule has 0 saturated carbocycles. The van der Waals surface area contributed by atoms with Crippen LogP contribution in [0.5, 0.6) is 0 Å². The molecule has 0 unspecified atom stereocenters. The van der Waals surface area contributed by atoms with Gasteiger partial charge in [0.1, 0.15) is 30.5 Å². The average Bonchev–Trinajstić information content (AvgIpc) is 3.56. The second-order valence-electron chi connectivity index (χ2n) is 9.37. The van der Waals surface area contributed by atoms with Crippen LogP contribution in [0.4, 0.5) is 0 Å². The second-order valence-corrected chi connectivity index (χ2v) is 9.37. The van der Waals surface area contributed by atoms with Crippen molar-refractivity contribution >= 4 is 23.9 Å². The van der Waals surface area contributed by atoms with Gasteiger partial charge in [0.15, 0.2) is 11.7 Å². The Balaban J connectivity index is 1.74. The number of hydrogen-bond acceptors (Lipinski definition) is 10. The molecule has 0 amide bonds. The highest BCUT2D eigenvalue weighted by Gasteiger charge is 2.63. The minimum Gasteiger partial charge on any atom is -0.461 e. The Labute approximate surface area is 191 Å². The average molecular weight is 464 g/mol. The van der Waals surface area contributed by atoms with E-state index < -0.39 is 59.5 Å². The molecule has 0 aromatic rings. The third-order valence-electron chi connectivity index (χ3n) is 6.28. The molecule has 3 aliphatic heterocycles. The molecule has 2 saturated heterocycles. The number of epoxide rings is 2. The van der Waals surface area contributed by atoms with Crippen LogP contribution in [0.1, 0.15) is 47.5 Å². The van der Waals surface area contributed by atoms with Crippen LogP contribution in [0.2, 0.25) is 0 Å². The summed E-state index contributed by atoms with van der Waals surface area (Å²) in [4.78, 5) is 48.6. The van der Waals surface area contributed by atoms with E-state index in [2.05, 4.69) is 0 Å². The largest absolute Gasteiger partial charge is 0.461 e. The van der Waals surface area contributed by atoms with Crippen LogP contribution in [-0.4, -0.2) is 72.7 Å². The smallest absolute Gasteiger partial charge is 0.341 e. The van der Waals surface area contributed by atoms with E-state index in [0.29, 0.717) is 12.0 Å². The van der Waals surface area contributed by atoms with Gasteiger partial charge in [-0.1, -0.05) is 5.57 Å². The van der Waals surface area contributed by atoms with Gasteiger partial charge >= 0.3 is 23.9 Å². The fourth-order valence-corrected chi connectivity index (χ4v) is 4.38. The summed E-state index contributed by atoms with van der Waals surface area (Å²) in [6, 6.07) is 0. The molecule has 6 atom stereocenters. The molecular weight excluding hydrogens is 436 g/mol. The molecule has 0 spiro atoms. The maximum atomic E-state index is 12.8. The molecule has 4 rings (SSSR count). The summed E-state index contributed by atoms with van der Waals surface area (Å²) < 4.78 is 33.2. The number of hydrogen-bond donors (Lipinski definition) is 0. The van der Waals surface area contributed by atoms with E-state index >= 15 is 0 Å². The van der Waals surface area contributed by atoms with Gasteiger partial charge in [-0.15, -0.1) is 0 Å². The van der Waals surface area contributed by atoms with E-state index in [-0.39, 0.29) is 25.2 Å². The van der Waals surface area contributed by atoms with Crippen LogP contribution in [0.3, 0.4) is 0 Å². The molecule has 33 heavy (non-hydrogen) atoms. The Hall–Kier alpha value is -2.72. The minimum atomic E-state index is -1.03. The van der Waals surface area contributed by atoms with Gasteiger partial charge in [-0.25, -0.2) is 9.59 Å². The standard InChI is InChI=1S/C23H28O10/c1-11-6-14(30-13(3)25)8-22(4)19(33-22)18-17(15(20(26)32-18)9-28-12(2)24)16(7-11)31-21(27)23(5)10-29-23/h6,14,16,18-19H,7-10H2,1-5H3/b11-6-/t14-,16+,18+,19-,22-,23+/m1/s1. The Bertz CT molecular complexity index is 958. The molecule has 2 fully saturated rings. The molecule has 0 aromatic heterocycles. The molecule has 1 aliphatic carbocycles. The Morgan fingerprint density at radius 3 is 2.45 bits per heavy atom. The van der Waals surface area contributed by atoms with E-state index in [1.165, 1.54) is 13.8 Å². The zero-order valence-electron chi connectivity index (χ0n) is 19.3. The first-order chi connectivity index (χ1) is 15.4. The van der Waals surface area contributed by atoms with Gasteiger partial charge in [0.05, 0.1) is 12.2 Å². The van der Waals surface area contributed by atoms with Crippen LogP contribution < -0.4 is 0 Å². The molecular formula is C23H28O10. The van der Waals surface area contributed by atoms with E-state index in [0.717, 1.165) is 5.57 Å². The van der Waals surface area contributed by atoms with Gasteiger partial charge in [-0.05, 0) is 26.8 Å². The minimum absolute atomic E-state index is 0.137. The lowest BCUT2D eigenvalue weighted by Crippen LogP contribution is -2.37. The number of fused-ring (bicyclic) bond motifs is 3. The summed E-state index contributed by atoms with van der Waals surface area (Å²) in [5.74, 6) is -2.20. The first kappa shape index (κ1) is 23.4. The van der Waals surface area contributed by atoms with Gasteiger partial charge in [0, 0.05) is 32.3 Å². The fourth-order valence-electron chi connectivity index (χ4n) is 4.38. The van der Waals surface area contributed by atoms with Gasteiger partial charge in [0.2, 0.25) is 0 Å². The van der Waals surface area contributed by atoms with Crippen molar-refractivity contribution in [1.82, 2.24) is 0 Å². The van der Waals surface area contributed by atoms with E-state index in [1.54, 1.807) is 13.0 Å². The van der Waals surface area contributed by atoms with Crippen molar-refractivity contribution in [3.05, 3.63) is 22.8 Å². The third kappa shape index (κ3) is 4.81. The van der Waals surface area contributed by atoms with Crippen molar-refractivity contribution in [3.8, 4) is 0 Å². The van der Waals surface area contributed by atoms with Crippen molar-refractivity contribution < 1.29 is 47.6 Å². The Kier molecular flexibility index (Phi) is 5.86. The van der Waals surface area contributed by atoms with Crippen LogP contribution in [-0.2, 0) is 47.6 Å². The molecule has 0 radical (unpaired) electrons. The third-order valence-corrected chi connectivity index (χ3v) is 6.28. The van der Waals surface area contributed by atoms with E-state index in [9.17, 15) is 19.2 Å². The number of ether oxygens (including phenoxy) is 6. The van der Waals surface area contributed by atoms with Crippen LogP contribution in [0.15, 0.2) is 22.8 Å². The quantitative estimate of drug-likeness (QED) is 0.254. The van der Waals surface area contributed by atoms with Crippen molar-refractivity contribution in [2.45, 2.75) is 83.1 Å². The van der Waals surface area contributed by atoms with Crippen molar-refractivity contribution in [3.63, 3.8) is 0 Å². The molecule has 0 aromatic carbocycles. The molecule has 10 nitrogen and oxygen atoms in total. The lowest BCUT2D eigenvalue weighted by molar-refractivity contribution is -0.153. The topological polar surface area (TPSA) is 130 Å². The maximum absolute atomic E-state index is 12.8. The van der Waals surface area contributed by atoms with Gasteiger partial charge < -0.3 is 28.4 Å². The van der Waals surface area contributed by atoms with Gasteiger partial charge in [-0.2, -0.15) is 0 Å². The SMILES string of the molecule is CC(=O)OCC1=C2[C@@H](OC(=O)[C@]3(C)CO3)C/C(C)=C\[C@@H](OC(C)=O)C[C@@]3(C)O[C@@H]3[C@H]2OC1=O. The highest BCUT2D eigenvalue weighted by Crippen LogP contribution is 2.49. The molecule has 3 heterocycles. The number of carbonyl (C=O) groups is 4. The highest BCUT2D eigenvalue weighted by molar-refractivity contribution is 5.94. The van der Waals surface area contributed by atoms with Crippen molar-refractivity contribution in [1.29, 1.82) is 0 Å². The second kappa shape index (κ2) is 8.25. The summed E-state index contributed by atoms with van der Waals surface area (Å²) in [6.45, 7) is 7.79. The highest BCUT2D eigenvalue weighted by atomic mass is 16.7. The Morgan fingerprint density at radius 2 is 1.85 bits per heavy atom. The van der Waals surface area contributed by atoms with Crippen molar-refractivity contribution in [2.24, 2.45) is 0 Å². The maximum Gasteiger partial charge on any atom is 0.341 e. The zero-order chi connectivity index (χ0) is 24.1. The summed E-state index contributed by atoms with van der Waals surface area (Å²) in [5.41, 5.74) is -0.431. The molecule has 180 valence electrons. The molecule has 4 aliphatic rings. The number of carbonyl (C=O) groups excluding carboxylic acids is 4. The normalized spacial score (nSPS) is 38.7. The van der Waals surface area contributed by atoms with E-state index in [4.69, 9.17) is 28.4 Å². The summed E-state index contributed by atoms with van der Waals surface area (Å²) >= 11 is 0. The number of esters is 4. The van der Waals surface area contributed by atoms with Gasteiger partial charge in [-0.3, -0.25) is 9.59 Å². The van der Waals surface area contributed by atoms with Crippen LogP contribution >= 0.6 is 0 Å². The first-order valence-electron chi connectivity index (χ1n) is 10.9. The summed E-state index contributed by atoms with van der Waals surface area (Å²) in [6.07, 6.45) is -0.428. The van der Waals surface area contributed by atoms with Crippen LogP contribution in [0.25, 0.3) is 0 Å². The summed E-state index contributed by atoms with van der Waals surface area (Å²) in [7, 11) is 0. The molecule has 0 bridgehead atoms. The van der Waals surface area contributed by atoms with Crippen molar-refractivity contribution in [2.75, 3.05) is 13.2 Å². The predicted molar refractivity (Wildman–Crippen MR) is 110 cm³/mol. The fraction of sp³-hybridized carbons (Fsp3) is 0.652. The molecule has 0 N–H and O–H groups in total.